The molecule has 1 saturated heterocycles. The van der Waals surface area contributed by atoms with Gasteiger partial charge in [0.2, 0.25) is 0 Å². The van der Waals surface area contributed by atoms with Crippen molar-refractivity contribution >= 4 is 11.7 Å². The molecule has 0 radical (unpaired) electrons. The molecule has 4 nitrogen and oxygen atoms in total. The van der Waals surface area contributed by atoms with Crippen LogP contribution < -0.4 is 5.32 Å². The third-order valence-corrected chi connectivity index (χ3v) is 3.53. The number of alkyl halides is 3. The highest BCUT2D eigenvalue weighted by Gasteiger charge is 2.43. The lowest BCUT2D eigenvalue weighted by Crippen LogP contribution is -2.44. The van der Waals surface area contributed by atoms with E-state index in [0.29, 0.717) is 0 Å². The van der Waals surface area contributed by atoms with Gasteiger partial charge in [0, 0.05) is 26.3 Å². The maximum atomic E-state index is 14.0. The Hall–Kier alpha value is -1.86. The van der Waals surface area contributed by atoms with Gasteiger partial charge in [0.15, 0.2) is 11.6 Å². The summed E-state index contributed by atoms with van der Waals surface area (Å²) in [7, 11) is 1.44. The van der Waals surface area contributed by atoms with E-state index in [9.17, 15) is 22.4 Å². The fraction of sp³-hybridized carbons (Fsp3) is 0.538. The van der Waals surface area contributed by atoms with Crippen LogP contribution in [0.25, 0.3) is 0 Å². The van der Waals surface area contributed by atoms with Crippen LogP contribution in [0.15, 0.2) is 12.3 Å². The standard InChI is InChI=1S/C13H15F4N3O/c1-18-11-10(14)9(4-5-19-11)12(21)20-6-2-3-8(7-20)13(15,16)17/h4-5,8H,2-3,6-7H2,1H3,(H,18,19). The highest BCUT2D eigenvalue weighted by Crippen LogP contribution is 2.33. The van der Waals surface area contributed by atoms with Crippen molar-refractivity contribution < 1.29 is 22.4 Å². The van der Waals surface area contributed by atoms with Crippen LogP contribution in [-0.2, 0) is 0 Å². The largest absolute Gasteiger partial charge is 0.393 e. The maximum absolute atomic E-state index is 14.0. The number of halogens is 4. The number of piperidine rings is 1. The second-order valence-electron chi connectivity index (χ2n) is 4.90. The summed E-state index contributed by atoms with van der Waals surface area (Å²) < 4.78 is 52.3. The molecule has 1 unspecified atom stereocenters. The first kappa shape index (κ1) is 15.5. The lowest BCUT2D eigenvalue weighted by molar-refractivity contribution is -0.184. The van der Waals surface area contributed by atoms with Gasteiger partial charge in [-0.15, -0.1) is 0 Å². The molecular formula is C13H15F4N3O. The Labute approximate surface area is 119 Å². The first-order valence-corrected chi connectivity index (χ1v) is 6.53. The molecule has 0 spiro atoms. The van der Waals surface area contributed by atoms with Crippen molar-refractivity contribution in [1.82, 2.24) is 9.88 Å². The fourth-order valence-electron chi connectivity index (χ4n) is 2.38. The van der Waals surface area contributed by atoms with Crippen molar-refractivity contribution in [2.45, 2.75) is 19.0 Å². The number of nitrogens with zero attached hydrogens (tertiary/aromatic N) is 2. The Kier molecular flexibility index (Phi) is 4.34. The lowest BCUT2D eigenvalue weighted by Gasteiger charge is -2.33. The minimum Gasteiger partial charge on any atom is -0.371 e. The van der Waals surface area contributed by atoms with Gasteiger partial charge in [0.05, 0.1) is 11.5 Å². The van der Waals surface area contributed by atoms with Gasteiger partial charge in [0.25, 0.3) is 5.91 Å². The van der Waals surface area contributed by atoms with Crippen LogP contribution in [0.1, 0.15) is 23.2 Å². The molecule has 2 rings (SSSR count). The molecule has 8 heteroatoms. The van der Waals surface area contributed by atoms with Crippen molar-refractivity contribution in [1.29, 1.82) is 0 Å². The van der Waals surface area contributed by atoms with Crippen LogP contribution in [0.5, 0.6) is 0 Å². The average Bonchev–Trinajstić information content (AvgIpc) is 2.46. The SMILES string of the molecule is CNc1nccc(C(=O)N2CCCC(C(F)(F)F)C2)c1F. The van der Waals surface area contributed by atoms with E-state index in [-0.39, 0.29) is 30.8 Å². The topological polar surface area (TPSA) is 45.2 Å². The van der Waals surface area contributed by atoms with E-state index in [1.807, 2.05) is 0 Å². The number of carbonyl (C=O) groups excluding carboxylic acids is 1. The minimum atomic E-state index is -4.34. The Bertz CT molecular complexity index is 533. The van der Waals surface area contributed by atoms with Gasteiger partial charge in [-0.2, -0.15) is 13.2 Å². The smallest absolute Gasteiger partial charge is 0.371 e. The molecule has 21 heavy (non-hydrogen) atoms. The summed E-state index contributed by atoms with van der Waals surface area (Å²) in [6.07, 6.45) is -2.85. The van der Waals surface area contributed by atoms with Crippen molar-refractivity contribution in [2.24, 2.45) is 5.92 Å². The van der Waals surface area contributed by atoms with E-state index >= 15 is 0 Å². The number of anilines is 1. The Morgan fingerprint density at radius 2 is 2.19 bits per heavy atom. The van der Waals surface area contributed by atoms with Crippen LogP contribution in [-0.4, -0.2) is 42.1 Å². The van der Waals surface area contributed by atoms with Crippen molar-refractivity contribution in [3.63, 3.8) is 0 Å². The van der Waals surface area contributed by atoms with E-state index in [4.69, 9.17) is 0 Å². The molecular weight excluding hydrogens is 290 g/mol. The normalized spacial score (nSPS) is 19.5. The molecule has 1 aromatic heterocycles. The predicted molar refractivity (Wildman–Crippen MR) is 68.4 cm³/mol. The minimum absolute atomic E-state index is 0.00608. The van der Waals surface area contributed by atoms with Crippen LogP contribution in [0, 0.1) is 11.7 Å². The molecule has 1 aliphatic heterocycles. The lowest BCUT2D eigenvalue weighted by atomic mass is 9.97. The number of amides is 1. The Morgan fingerprint density at radius 3 is 2.81 bits per heavy atom. The van der Waals surface area contributed by atoms with Gasteiger partial charge < -0.3 is 10.2 Å². The number of rotatable bonds is 2. The van der Waals surface area contributed by atoms with Crippen molar-refractivity contribution in [2.75, 3.05) is 25.5 Å². The number of carbonyl (C=O) groups is 1. The first-order valence-electron chi connectivity index (χ1n) is 6.53. The highest BCUT2D eigenvalue weighted by molar-refractivity contribution is 5.95. The molecule has 0 aromatic carbocycles. The number of hydrogen-bond donors (Lipinski definition) is 1. The molecule has 1 amide bonds. The maximum Gasteiger partial charge on any atom is 0.393 e. The second kappa shape index (κ2) is 5.87. The van der Waals surface area contributed by atoms with Gasteiger partial charge in [-0.25, -0.2) is 9.37 Å². The summed E-state index contributed by atoms with van der Waals surface area (Å²) in [4.78, 5) is 17.0. The summed E-state index contributed by atoms with van der Waals surface area (Å²) in [6.45, 7) is -0.235. The van der Waals surface area contributed by atoms with E-state index < -0.39 is 30.4 Å². The molecule has 1 N–H and O–H groups in total. The number of hydrogen-bond acceptors (Lipinski definition) is 3. The summed E-state index contributed by atoms with van der Waals surface area (Å²) in [6, 6.07) is 1.18. The number of nitrogens with one attached hydrogen (secondary N) is 1. The molecule has 1 fully saturated rings. The third kappa shape index (κ3) is 3.25. The van der Waals surface area contributed by atoms with Crippen LogP contribution in [0.2, 0.25) is 0 Å². The van der Waals surface area contributed by atoms with Gasteiger partial charge in [0.1, 0.15) is 0 Å². The van der Waals surface area contributed by atoms with Gasteiger partial charge >= 0.3 is 6.18 Å². The van der Waals surface area contributed by atoms with Crippen molar-refractivity contribution in [3.05, 3.63) is 23.6 Å². The van der Waals surface area contributed by atoms with Crippen LogP contribution in [0.3, 0.4) is 0 Å². The van der Waals surface area contributed by atoms with Crippen LogP contribution >= 0.6 is 0 Å². The number of pyridine rings is 1. The summed E-state index contributed by atoms with van der Waals surface area (Å²) in [5.41, 5.74) is -0.267. The number of aromatic nitrogens is 1. The average molecular weight is 305 g/mol. The van der Waals surface area contributed by atoms with Crippen LogP contribution in [0.4, 0.5) is 23.4 Å². The second-order valence-corrected chi connectivity index (χ2v) is 4.90. The van der Waals surface area contributed by atoms with E-state index in [2.05, 4.69) is 10.3 Å². The van der Waals surface area contributed by atoms with Gasteiger partial charge in [-0.3, -0.25) is 4.79 Å². The zero-order valence-corrected chi connectivity index (χ0v) is 11.4. The quantitative estimate of drug-likeness (QED) is 0.855. The molecule has 1 aliphatic rings. The summed E-state index contributed by atoms with van der Waals surface area (Å²) in [5, 5.41) is 2.49. The van der Waals surface area contributed by atoms with Crippen molar-refractivity contribution in [3.8, 4) is 0 Å². The van der Waals surface area contributed by atoms with E-state index in [1.54, 1.807) is 0 Å². The molecule has 116 valence electrons. The molecule has 1 atom stereocenters. The molecule has 0 bridgehead atoms. The fourth-order valence-corrected chi connectivity index (χ4v) is 2.38. The highest BCUT2D eigenvalue weighted by atomic mass is 19.4. The zero-order chi connectivity index (χ0) is 15.6. The van der Waals surface area contributed by atoms with Gasteiger partial charge in [-0.1, -0.05) is 0 Å². The monoisotopic (exact) mass is 305 g/mol. The molecule has 1 aromatic rings. The molecule has 2 heterocycles. The molecule has 0 saturated carbocycles. The Morgan fingerprint density at radius 1 is 1.48 bits per heavy atom. The first-order chi connectivity index (χ1) is 9.84. The summed E-state index contributed by atoms with van der Waals surface area (Å²) in [5.74, 6) is -3.24. The van der Waals surface area contributed by atoms with E-state index in [1.165, 1.54) is 19.3 Å². The molecule has 0 aliphatic carbocycles. The zero-order valence-electron chi connectivity index (χ0n) is 11.4. The summed E-state index contributed by atoms with van der Waals surface area (Å²) >= 11 is 0. The Balaban J connectivity index is 2.20. The van der Waals surface area contributed by atoms with Gasteiger partial charge in [-0.05, 0) is 18.9 Å². The third-order valence-electron chi connectivity index (χ3n) is 3.53. The van der Waals surface area contributed by atoms with E-state index in [0.717, 1.165) is 4.90 Å². The number of likely N-dealkylation sites (tertiary alicyclic amines) is 1. The predicted octanol–water partition coefficient (Wildman–Crippen LogP) is 2.68.